The lowest BCUT2D eigenvalue weighted by Gasteiger charge is -2.45. The SMILES string of the molecule is C=C1/C(=C\C=C2/CCC[C@]3(C)[C@@H]([C@@H](C)[C@H](O)CCCCC(C)(C)O)CC[C@@H]23)C[C@@H](O)C[C@@H]1O. The van der Waals surface area contributed by atoms with E-state index in [1.165, 1.54) is 31.3 Å². The Bertz CT molecular complexity index is 745. The van der Waals surface area contributed by atoms with Crippen molar-refractivity contribution in [3.05, 3.63) is 35.5 Å². The minimum Gasteiger partial charge on any atom is -0.393 e. The standard InChI is InChI=1S/C29H48O4/c1-19-22(17-23(30)18-27(19)32)12-11-21-9-8-16-29(5)24(13-14-25(21)29)20(2)26(31)10-6-7-15-28(3,4)33/h11-12,20,23-27,30-33H,1,6-10,13-18H2,2-5H3/b21-11+,22-12-/t20-,23-,24-,25+,26-,27+,29-/m1/s1. The van der Waals surface area contributed by atoms with Gasteiger partial charge in [-0.2, -0.15) is 0 Å². The van der Waals surface area contributed by atoms with Gasteiger partial charge in [0.25, 0.3) is 0 Å². The highest BCUT2D eigenvalue weighted by molar-refractivity contribution is 5.38. The zero-order valence-electron chi connectivity index (χ0n) is 21.4. The third-order valence-electron chi connectivity index (χ3n) is 9.08. The van der Waals surface area contributed by atoms with Gasteiger partial charge in [-0.15, -0.1) is 0 Å². The molecule has 3 fully saturated rings. The zero-order chi connectivity index (χ0) is 24.4. The molecule has 0 aromatic rings. The molecule has 3 rings (SSSR count). The van der Waals surface area contributed by atoms with Crippen LogP contribution in [-0.4, -0.2) is 44.3 Å². The number of aliphatic hydroxyl groups is 4. The molecule has 0 aromatic carbocycles. The Kier molecular flexibility index (Phi) is 8.70. The van der Waals surface area contributed by atoms with Gasteiger partial charge in [0.15, 0.2) is 0 Å². The van der Waals surface area contributed by atoms with Crippen molar-refractivity contribution in [1.29, 1.82) is 0 Å². The van der Waals surface area contributed by atoms with Crippen molar-refractivity contribution >= 4 is 0 Å². The quantitative estimate of drug-likeness (QED) is 0.363. The van der Waals surface area contributed by atoms with E-state index < -0.39 is 17.8 Å². The second-order valence-electron chi connectivity index (χ2n) is 12.1. The fourth-order valence-corrected chi connectivity index (χ4v) is 7.05. The summed E-state index contributed by atoms with van der Waals surface area (Å²) in [6.45, 7) is 12.4. The summed E-state index contributed by atoms with van der Waals surface area (Å²) in [6, 6.07) is 0. The van der Waals surface area contributed by atoms with Crippen molar-refractivity contribution < 1.29 is 20.4 Å². The van der Waals surface area contributed by atoms with Gasteiger partial charge in [-0.3, -0.25) is 0 Å². The number of rotatable bonds is 8. The third-order valence-corrected chi connectivity index (χ3v) is 9.08. The topological polar surface area (TPSA) is 80.9 Å². The highest BCUT2D eigenvalue weighted by Crippen LogP contribution is 2.60. The molecule has 0 heterocycles. The summed E-state index contributed by atoms with van der Waals surface area (Å²) in [6.07, 6.45) is 13.3. The summed E-state index contributed by atoms with van der Waals surface area (Å²) in [4.78, 5) is 0. The van der Waals surface area contributed by atoms with Gasteiger partial charge in [0.2, 0.25) is 0 Å². The average Bonchev–Trinajstić information content (AvgIpc) is 3.08. The van der Waals surface area contributed by atoms with E-state index in [0.29, 0.717) is 24.7 Å². The molecule has 33 heavy (non-hydrogen) atoms. The van der Waals surface area contributed by atoms with Crippen molar-refractivity contribution in [2.24, 2.45) is 23.2 Å². The van der Waals surface area contributed by atoms with Crippen LogP contribution in [0, 0.1) is 23.2 Å². The lowest BCUT2D eigenvalue weighted by atomic mass is 9.60. The summed E-state index contributed by atoms with van der Waals surface area (Å²) in [5, 5.41) is 41.1. The first-order chi connectivity index (χ1) is 15.4. The summed E-state index contributed by atoms with van der Waals surface area (Å²) >= 11 is 0. The summed E-state index contributed by atoms with van der Waals surface area (Å²) in [7, 11) is 0. The number of allylic oxidation sites excluding steroid dienone is 3. The maximum atomic E-state index is 11.0. The Morgan fingerprint density at radius 1 is 1.18 bits per heavy atom. The van der Waals surface area contributed by atoms with Crippen LogP contribution in [0.2, 0.25) is 0 Å². The molecule has 4 nitrogen and oxygen atoms in total. The number of unbranched alkanes of at least 4 members (excludes halogenated alkanes) is 1. The molecule has 0 radical (unpaired) electrons. The maximum absolute atomic E-state index is 11.0. The molecule has 0 saturated heterocycles. The molecule has 3 saturated carbocycles. The highest BCUT2D eigenvalue weighted by Gasteiger charge is 2.51. The molecule has 0 aromatic heterocycles. The molecule has 0 aliphatic heterocycles. The fourth-order valence-electron chi connectivity index (χ4n) is 7.05. The molecular weight excluding hydrogens is 412 g/mol. The zero-order valence-corrected chi connectivity index (χ0v) is 21.4. The van der Waals surface area contributed by atoms with E-state index in [0.717, 1.165) is 43.3 Å². The smallest absolute Gasteiger partial charge is 0.0811 e. The fraction of sp³-hybridized carbons (Fsp3) is 0.793. The highest BCUT2D eigenvalue weighted by atomic mass is 16.3. The number of hydrogen-bond acceptors (Lipinski definition) is 4. The van der Waals surface area contributed by atoms with Crippen molar-refractivity contribution in [1.82, 2.24) is 0 Å². The molecule has 7 atom stereocenters. The molecule has 4 heteroatoms. The maximum Gasteiger partial charge on any atom is 0.0811 e. The minimum absolute atomic E-state index is 0.221. The number of aliphatic hydroxyl groups excluding tert-OH is 3. The summed E-state index contributed by atoms with van der Waals surface area (Å²) < 4.78 is 0. The Balaban J connectivity index is 1.65. The van der Waals surface area contributed by atoms with Crippen LogP contribution in [0.5, 0.6) is 0 Å². The molecular formula is C29H48O4. The van der Waals surface area contributed by atoms with E-state index in [4.69, 9.17) is 0 Å². The first kappa shape index (κ1) is 26.7. The lowest BCUT2D eigenvalue weighted by Crippen LogP contribution is -2.39. The number of fused-ring (bicyclic) bond motifs is 1. The van der Waals surface area contributed by atoms with Crippen LogP contribution in [-0.2, 0) is 0 Å². The Morgan fingerprint density at radius 2 is 1.91 bits per heavy atom. The van der Waals surface area contributed by atoms with Crippen LogP contribution < -0.4 is 0 Å². The molecule has 0 amide bonds. The van der Waals surface area contributed by atoms with Crippen molar-refractivity contribution in [3.8, 4) is 0 Å². The molecule has 0 spiro atoms. The largest absolute Gasteiger partial charge is 0.393 e. The van der Waals surface area contributed by atoms with Crippen LogP contribution in [0.1, 0.15) is 98.3 Å². The third kappa shape index (κ3) is 6.39. The molecule has 3 aliphatic rings. The second kappa shape index (κ2) is 10.8. The van der Waals surface area contributed by atoms with Crippen LogP contribution in [0.3, 0.4) is 0 Å². The van der Waals surface area contributed by atoms with Gasteiger partial charge in [-0.25, -0.2) is 0 Å². The van der Waals surface area contributed by atoms with E-state index in [1.807, 2.05) is 13.8 Å². The minimum atomic E-state index is -0.642. The Hall–Kier alpha value is -0.940. The monoisotopic (exact) mass is 460 g/mol. The predicted molar refractivity (Wildman–Crippen MR) is 135 cm³/mol. The van der Waals surface area contributed by atoms with E-state index in [-0.39, 0.29) is 17.4 Å². The van der Waals surface area contributed by atoms with Gasteiger partial charge in [0, 0.05) is 6.42 Å². The summed E-state index contributed by atoms with van der Waals surface area (Å²) in [5.74, 6) is 1.35. The van der Waals surface area contributed by atoms with Gasteiger partial charge < -0.3 is 20.4 Å². The molecule has 4 N–H and O–H groups in total. The second-order valence-corrected chi connectivity index (χ2v) is 12.1. The van der Waals surface area contributed by atoms with Gasteiger partial charge in [-0.1, -0.05) is 51.0 Å². The van der Waals surface area contributed by atoms with Gasteiger partial charge in [0.05, 0.1) is 23.9 Å². The van der Waals surface area contributed by atoms with Gasteiger partial charge in [-0.05, 0) is 99.5 Å². The first-order valence-corrected chi connectivity index (χ1v) is 13.3. The molecule has 0 unspecified atom stereocenters. The van der Waals surface area contributed by atoms with Crippen LogP contribution >= 0.6 is 0 Å². The van der Waals surface area contributed by atoms with Crippen LogP contribution in [0.15, 0.2) is 35.5 Å². The predicted octanol–water partition coefficient (Wildman–Crippen LogP) is 5.46. The Morgan fingerprint density at radius 3 is 2.61 bits per heavy atom. The Labute approximate surface area is 201 Å². The lowest BCUT2D eigenvalue weighted by molar-refractivity contribution is 0.0142. The normalized spacial score (nSPS) is 37.4. The van der Waals surface area contributed by atoms with Crippen molar-refractivity contribution in [2.75, 3.05) is 0 Å². The van der Waals surface area contributed by atoms with E-state index >= 15 is 0 Å². The van der Waals surface area contributed by atoms with Gasteiger partial charge >= 0.3 is 0 Å². The molecule has 188 valence electrons. The van der Waals surface area contributed by atoms with Crippen molar-refractivity contribution in [2.45, 2.75) is 122 Å². The van der Waals surface area contributed by atoms with Gasteiger partial charge in [0.1, 0.15) is 0 Å². The van der Waals surface area contributed by atoms with Crippen LogP contribution in [0.25, 0.3) is 0 Å². The number of hydrogen-bond donors (Lipinski definition) is 4. The van der Waals surface area contributed by atoms with E-state index in [2.05, 4.69) is 32.6 Å². The van der Waals surface area contributed by atoms with Crippen LogP contribution in [0.4, 0.5) is 0 Å². The van der Waals surface area contributed by atoms with E-state index in [1.54, 1.807) is 0 Å². The first-order valence-electron chi connectivity index (χ1n) is 13.3. The van der Waals surface area contributed by atoms with Crippen molar-refractivity contribution in [3.63, 3.8) is 0 Å². The summed E-state index contributed by atoms with van der Waals surface area (Å²) in [5.41, 5.74) is 2.82. The van der Waals surface area contributed by atoms with E-state index in [9.17, 15) is 20.4 Å². The molecule has 0 bridgehead atoms. The molecule has 3 aliphatic carbocycles. The average molecular weight is 461 g/mol.